The molecular formula is C16H21N3O3. The second-order valence-corrected chi connectivity index (χ2v) is 5.27. The topological polar surface area (TPSA) is 76.3 Å². The third-order valence-corrected chi connectivity index (χ3v) is 3.68. The van der Waals surface area contributed by atoms with Crippen molar-refractivity contribution in [2.45, 2.75) is 19.0 Å². The summed E-state index contributed by atoms with van der Waals surface area (Å²) in [6, 6.07) is 9.72. The average molecular weight is 303 g/mol. The molecule has 2 aromatic rings. The first kappa shape index (κ1) is 16.2. The van der Waals surface area contributed by atoms with Crippen LogP contribution in [0.15, 0.2) is 46.1 Å². The summed E-state index contributed by atoms with van der Waals surface area (Å²) in [5, 5.41) is 12.5. The summed E-state index contributed by atoms with van der Waals surface area (Å²) in [5.41, 5.74) is 0.928. The Morgan fingerprint density at radius 3 is 2.50 bits per heavy atom. The molecule has 1 heterocycles. The van der Waals surface area contributed by atoms with Crippen LogP contribution in [0.3, 0.4) is 0 Å². The molecule has 0 saturated carbocycles. The number of aryl methyl sites for hydroxylation is 1. The van der Waals surface area contributed by atoms with Crippen molar-refractivity contribution in [2.24, 2.45) is 14.1 Å². The molecule has 0 aliphatic rings. The van der Waals surface area contributed by atoms with Crippen molar-refractivity contribution in [3.63, 3.8) is 0 Å². The van der Waals surface area contributed by atoms with Gasteiger partial charge in [-0.25, -0.2) is 4.79 Å². The summed E-state index contributed by atoms with van der Waals surface area (Å²) in [6.07, 6.45) is 2.11. The first-order chi connectivity index (χ1) is 10.5. The van der Waals surface area contributed by atoms with Crippen LogP contribution >= 0.6 is 0 Å². The summed E-state index contributed by atoms with van der Waals surface area (Å²) in [6.45, 7) is 0.387. The van der Waals surface area contributed by atoms with Crippen LogP contribution in [0.5, 0.6) is 0 Å². The van der Waals surface area contributed by atoms with Crippen LogP contribution in [-0.4, -0.2) is 20.8 Å². The van der Waals surface area contributed by atoms with Gasteiger partial charge in [-0.1, -0.05) is 30.3 Å². The van der Waals surface area contributed by atoms with Gasteiger partial charge in [0.1, 0.15) is 0 Å². The van der Waals surface area contributed by atoms with Gasteiger partial charge in [-0.3, -0.25) is 9.36 Å². The van der Waals surface area contributed by atoms with Crippen LogP contribution < -0.4 is 16.6 Å². The van der Waals surface area contributed by atoms with Gasteiger partial charge in [0.25, 0.3) is 5.56 Å². The maximum absolute atomic E-state index is 12.1. The molecule has 0 saturated heterocycles. The van der Waals surface area contributed by atoms with E-state index in [4.69, 9.17) is 0 Å². The number of aliphatic hydroxyl groups is 1. The van der Waals surface area contributed by atoms with Gasteiger partial charge in [0.05, 0.1) is 0 Å². The molecule has 0 bridgehead atoms. The van der Waals surface area contributed by atoms with Crippen molar-refractivity contribution < 1.29 is 5.11 Å². The highest BCUT2D eigenvalue weighted by Gasteiger charge is 2.12. The van der Waals surface area contributed by atoms with Gasteiger partial charge in [-0.2, -0.15) is 0 Å². The van der Waals surface area contributed by atoms with E-state index in [1.807, 2.05) is 30.3 Å². The quantitative estimate of drug-likeness (QED) is 0.804. The Balaban J connectivity index is 2.20. The Kier molecular flexibility index (Phi) is 5.30. The number of nitrogens with zero attached hydrogens (tertiary/aromatic N) is 2. The van der Waals surface area contributed by atoms with Crippen LogP contribution in [0.4, 0.5) is 0 Å². The number of rotatable bonds is 6. The summed E-state index contributed by atoms with van der Waals surface area (Å²) in [7, 11) is 3.09. The third-order valence-electron chi connectivity index (χ3n) is 3.68. The van der Waals surface area contributed by atoms with E-state index in [0.717, 1.165) is 10.1 Å². The molecule has 2 rings (SSSR count). The molecule has 0 spiro atoms. The molecule has 6 nitrogen and oxygen atoms in total. The van der Waals surface area contributed by atoms with Gasteiger partial charge in [0.2, 0.25) is 0 Å². The van der Waals surface area contributed by atoms with E-state index < -0.39 is 0 Å². The molecule has 2 N–H and O–H groups in total. The van der Waals surface area contributed by atoms with Gasteiger partial charge in [0, 0.05) is 45.0 Å². The third kappa shape index (κ3) is 3.52. The fourth-order valence-electron chi connectivity index (χ4n) is 2.44. The maximum atomic E-state index is 12.1. The molecule has 1 aromatic heterocycles. The molecule has 0 aliphatic carbocycles. The number of benzene rings is 1. The van der Waals surface area contributed by atoms with E-state index in [0.29, 0.717) is 18.5 Å². The molecule has 22 heavy (non-hydrogen) atoms. The minimum Gasteiger partial charge on any atom is -0.396 e. The minimum atomic E-state index is -0.344. The van der Waals surface area contributed by atoms with E-state index in [1.54, 1.807) is 13.2 Å². The average Bonchev–Trinajstić information content (AvgIpc) is 2.54. The molecule has 1 aromatic carbocycles. The molecule has 0 unspecified atom stereocenters. The van der Waals surface area contributed by atoms with Crippen LogP contribution in [0.1, 0.15) is 23.6 Å². The molecular weight excluding hydrogens is 282 g/mol. The fraction of sp³-hybridized carbons (Fsp3) is 0.375. The molecule has 118 valence electrons. The van der Waals surface area contributed by atoms with Crippen LogP contribution in [0.25, 0.3) is 0 Å². The van der Waals surface area contributed by atoms with E-state index in [1.165, 1.54) is 11.6 Å². The number of nitrogens with one attached hydrogen (secondary N) is 1. The lowest BCUT2D eigenvalue weighted by atomic mass is 10.0. The van der Waals surface area contributed by atoms with Crippen molar-refractivity contribution >= 4 is 0 Å². The predicted octanol–water partition coefficient (Wildman–Crippen LogP) is 0.297. The maximum Gasteiger partial charge on any atom is 0.330 e. The Hall–Kier alpha value is -2.18. The van der Waals surface area contributed by atoms with Crippen molar-refractivity contribution in [3.05, 3.63) is 68.5 Å². The lowest BCUT2D eigenvalue weighted by Gasteiger charge is -2.18. The first-order valence-corrected chi connectivity index (χ1v) is 7.19. The van der Waals surface area contributed by atoms with E-state index in [9.17, 15) is 14.7 Å². The summed E-state index contributed by atoms with van der Waals surface area (Å²) in [5.74, 6) is 0. The normalized spacial score (nSPS) is 12.3. The molecule has 0 radical (unpaired) electrons. The standard InChI is InChI=1S/C16H21N3O3/c1-18-11-13(15(21)19(2)16(18)22)10-17-14(8-9-20)12-6-4-3-5-7-12/h3-7,11,14,17,20H,8-10H2,1-2H3/t14-/m1/s1. The molecule has 0 amide bonds. The summed E-state index contributed by atoms with van der Waals surface area (Å²) < 4.78 is 2.49. The number of aliphatic hydroxyl groups excluding tert-OH is 1. The summed E-state index contributed by atoms with van der Waals surface area (Å²) in [4.78, 5) is 23.8. The van der Waals surface area contributed by atoms with Gasteiger partial charge < -0.3 is 15.0 Å². The van der Waals surface area contributed by atoms with Crippen molar-refractivity contribution in [1.82, 2.24) is 14.5 Å². The Morgan fingerprint density at radius 1 is 1.18 bits per heavy atom. The molecule has 0 fully saturated rings. The lowest BCUT2D eigenvalue weighted by molar-refractivity contribution is 0.265. The van der Waals surface area contributed by atoms with E-state index in [-0.39, 0.29) is 23.9 Å². The molecule has 1 atom stereocenters. The highest BCUT2D eigenvalue weighted by molar-refractivity contribution is 5.19. The SMILES string of the molecule is Cn1cc(CN[C@H](CCO)c2ccccc2)c(=O)n(C)c1=O. The van der Waals surface area contributed by atoms with Crippen LogP contribution in [-0.2, 0) is 20.6 Å². The highest BCUT2D eigenvalue weighted by Crippen LogP contribution is 2.16. The fourth-order valence-corrected chi connectivity index (χ4v) is 2.44. The number of hydrogen-bond acceptors (Lipinski definition) is 4. The smallest absolute Gasteiger partial charge is 0.330 e. The van der Waals surface area contributed by atoms with E-state index in [2.05, 4.69) is 5.32 Å². The molecule has 6 heteroatoms. The Labute approximate surface area is 128 Å². The lowest BCUT2D eigenvalue weighted by Crippen LogP contribution is -2.39. The van der Waals surface area contributed by atoms with Crippen molar-refractivity contribution in [1.29, 1.82) is 0 Å². The van der Waals surface area contributed by atoms with Gasteiger partial charge in [-0.15, -0.1) is 0 Å². The van der Waals surface area contributed by atoms with Gasteiger partial charge >= 0.3 is 5.69 Å². The largest absolute Gasteiger partial charge is 0.396 e. The number of aromatic nitrogens is 2. The highest BCUT2D eigenvalue weighted by atomic mass is 16.3. The van der Waals surface area contributed by atoms with Crippen molar-refractivity contribution in [3.8, 4) is 0 Å². The Bertz CT molecular complexity index is 735. The minimum absolute atomic E-state index is 0.0480. The number of hydrogen-bond donors (Lipinski definition) is 2. The van der Waals surface area contributed by atoms with Gasteiger partial charge in [0.15, 0.2) is 0 Å². The Morgan fingerprint density at radius 2 is 1.86 bits per heavy atom. The van der Waals surface area contributed by atoms with Crippen LogP contribution in [0.2, 0.25) is 0 Å². The summed E-state index contributed by atoms with van der Waals surface area (Å²) >= 11 is 0. The first-order valence-electron chi connectivity index (χ1n) is 7.19. The van der Waals surface area contributed by atoms with E-state index >= 15 is 0 Å². The zero-order valence-electron chi connectivity index (χ0n) is 12.8. The zero-order chi connectivity index (χ0) is 16.1. The monoisotopic (exact) mass is 303 g/mol. The second kappa shape index (κ2) is 7.20. The second-order valence-electron chi connectivity index (χ2n) is 5.27. The van der Waals surface area contributed by atoms with Crippen LogP contribution in [0, 0.1) is 0 Å². The van der Waals surface area contributed by atoms with Crippen molar-refractivity contribution in [2.75, 3.05) is 6.61 Å². The molecule has 0 aliphatic heterocycles. The predicted molar refractivity (Wildman–Crippen MR) is 84.6 cm³/mol. The zero-order valence-corrected chi connectivity index (χ0v) is 12.8. The van der Waals surface area contributed by atoms with Gasteiger partial charge in [-0.05, 0) is 12.0 Å².